The lowest BCUT2D eigenvalue weighted by molar-refractivity contribution is 0.311. The minimum absolute atomic E-state index is 0.241. The van der Waals surface area contributed by atoms with Crippen LogP contribution in [0.3, 0.4) is 0 Å². The summed E-state index contributed by atoms with van der Waals surface area (Å²) in [5.41, 5.74) is 7.85. The second-order valence-electron chi connectivity index (χ2n) is 5.75. The summed E-state index contributed by atoms with van der Waals surface area (Å²) in [7, 11) is 0. The molecule has 0 aromatic carbocycles. The topological polar surface area (TPSA) is 156 Å². The van der Waals surface area contributed by atoms with Crippen molar-refractivity contribution in [2.45, 2.75) is 6.42 Å². The van der Waals surface area contributed by atoms with Gasteiger partial charge in [-0.3, -0.25) is 5.10 Å². The fourth-order valence-electron chi connectivity index (χ4n) is 2.56. The van der Waals surface area contributed by atoms with Crippen LogP contribution in [0.5, 0.6) is 5.75 Å². The molecule has 0 atom stereocenters. The number of nitrogens with two attached hydrogens (primary N) is 1. The molecule has 11 heteroatoms. The van der Waals surface area contributed by atoms with Gasteiger partial charge in [0.2, 0.25) is 0 Å². The maximum absolute atomic E-state index is 8.80. The Balaban J connectivity index is 1.65. The molecule has 0 bridgehead atoms. The standard InChI is InChI=1S/C17H16N10O/c18-3-1-5-28-13-9-22-16-2-4-23-27(16)17(13)12-6-14(26-25-12)24-15-10-20-11(7-19)8-21-15/h2,4,6,8-10H,1,3,5,18H2,(H2,21,24,25,26). The quantitative estimate of drug-likeness (QED) is 0.404. The van der Waals surface area contributed by atoms with Crippen LogP contribution in [0.2, 0.25) is 0 Å². The Morgan fingerprint density at radius 2 is 2.14 bits per heavy atom. The number of H-pyrrole nitrogens is 1. The van der Waals surface area contributed by atoms with Crippen LogP contribution in [-0.2, 0) is 0 Å². The molecule has 4 N–H and O–H groups in total. The first kappa shape index (κ1) is 17.4. The van der Waals surface area contributed by atoms with Gasteiger partial charge in [-0.05, 0) is 13.0 Å². The number of aromatic nitrogens is 7. The van der Waals surface area contributed by atoms with Gasteiger partial charge < -0.3 is 15.8 Å². The third-order valence-corrected chi connectivity index (χ3v) is 3.84. The predicted molar refractivity (Wildman–Crippen MR) is 99.8 cm³/mol. The van der Waals surface area contributed by atoms with Crippen LogP contribution >= 0.6 is 0 Å². The summed E-state index contributed by atoms with van der Waals surface area (Å²) in [5.74, 6) is 1.56. The van der Waals surface area contributed by atoms with Gasteiger partial charge >= 0.3 is 0 Å². The molecular weight excluding hydrogens is 360 g/mol. The number of nitrogens with zero attached hydrogens (tertiary/aromatic N) is 7. The highest BCUT2D eigenvalue weighted by atomic mass is 16.5. The molecule has 4 aromatic rings. The van der Waals surface area contributed by atoms with Crippen molar-refractivity contribution in [3.8, 4) is 23.2 Å². The number of nitrogens with one attached hydrogen (secondary N) is 2. The molecule has 0 spiro atoms. The van der Waals surface area contributed by atoms with Gasteiger partial charge in [-0.25, -0.2) is 19.5 Å². The Morgan fingerprint density at radius 1 is 1.21 bits per heavy atom. The van der Waals surface area contributed by atoms with Crippen LogP contribution < -0.4 is 15.8 Å². The van der Waals surface area contributed by atoms with E-state index in [-0.39, 0.29) is 5.69 Å². The Bertz CT molecular complexity index is 1130. The molecule has 11 nitrogen and oxygen atoms in total. The molecule has 0 saturated heterocycles. The van der Waals surface area contributed by atoms with E-state index in [1.165, 1.54) is 12.4 Å². The number of hydrogen-bond donors (Lipinski definition) is 3. The average Bonchev–Trinajstić information content (AvgIpc) is 3.38. The minimum Gasteiger partial charge on any atom is -0.490 e. The van der Waals surface area contributed by atoms with Gasteiger partial charge in [0.15, 0.2) is 22.9 Å². The van der Waals surface area contributed by atoms with E-state index < -0.39 is 0 Å². The molecule has 0 unspecified atom stereocenters. The zero-order chi connectivity index (χ0) is 19.3. The molecule has 0 fully saturated rings. The number of hydrogen-bond acceptors (Lipinski definition) is 9. The molecule has 0 radical (unpaired) electrons. The Hall–Kier alpha value is -4.04. The maximum Gasteiger partial charge on any atom is 0.165 e. The zero-order valence-corrected chi connectivity index (χ0v) is 14.7. The van der Waals surface area contributed by atoms with Crippen molar-refractivity contribution in [3.63, 3.8) is 0 Å². The molecule has 0 aliphatic carbocycles. The van der Waals surface area contributed by atoms with E-state index in [2.05, 4.69) is 35.6 Å². The van der Waals surface area contributed by atoms with Crippen molar-refractivity contribution in [1.29, 1.82) is 5.26 Å². The Kier molecular flexibility index (Phi) is 4.77. The van der Waals surface area contributed by atoms with E-state index in [0.29, 0.717) is 47.6 Å². The molecule has 0 amide bonds. The van der Waals surface area contributed by atoms with Gasteiger partial charge in [0, 0.05) is 12.1 Å². The van der Waals surface area contributed by atoms with E-state index in [0.717, 1.165) is 6.42 Å². The van der Waals surface area contributed by atoms with Crippen LogP contribution in [0.15, 0.2) is 36.9 Å². The highest BCUT2D eigenvalue weighted by Gasteiger charge is 2.16. The second kappa shape index (κ2) is 7.68. The summed E-state index contributed by atoms with van der Waals surface area (Å²) in [5, 5.41) is 23.4. The van der Waals surface area contributed by atoms with Gasteiger partial charge in [0.05, 0.1) is 37.1 Å². The number of fused-ring (bicyclic) bond motifs is 1. The summed E-state index contributed by atoms with van der Waals surface area (Å²) >= 11 is 0. The molecular formula is C17H16N10O. The number of ether oxygens (including phenoxy) is 1. The lowest BCUT2D eigenvalue weighted by Crippen LogP contribution is -2.08. The molecule has 4 heterocycles. The molecule has 0 aliphatic rings. The third kappa shape index (κ3) is 3.44. The van der Waals surface area contributed by atoms with Crippen LogP contribution in [0, 0.1) is 11.3 Å². The third-order valence-electron chi connectivity index (χ3n) is 3.84. The lowest BCUT2D eigenvalue weighted by atomic mass is 10.2. The first-order chi connectivity index (χ1) is 13.8. The fourth-order valence-corrected chi connectivity index (χ4v) is 2.56. The molecule has 0 aliphatic heterocycles. The van der Waals surface area contributed by atoms with Gasteiger partial charge in [-0.1, -0.05) is 0 Å². The molecule has 140 valence electrons. The number of aromatic amines is 1. The van der Waals surface area contributed by atoms with E-state index in [1.54, 1.807) is 29.0 Å². The normalized spacial score (nSPS) is 10.7. The number of rotatable bonds is 7. The fraction of sp³-hybridized carbons (Fsp3) is 0.176. The van der Waals surface area contributed by atoms with Gasteiger partial charge in [0.25, 0.3) is 0 Å². The second-order valence-corrected chi connectivity index (χ2v) is 5.75. The van der Waals surface area contributed by atoms with E-state index in [1.807, 2.05) is 6.07 Å². The highest BCUT2D eigenvalue weighted by molar-refractivity contribution is 5.69. The molecule has 4 aromatic heterocycles. The van der Waals surface area contributed by atoms with Crippen molar-refractivity contribution in [3.05, 3.63) is 42.6 Å². The van der Waals surface area contributed by atoms with Crippen molar-refractivity contribution >= 4 is 17.3 Å². The van der Waals surface area contributed by atoms with Gasteiger partial charge in [0.1, 0.15) is 17.6 Å². The van der Waals surface area contributed by atoms with Gasteiger partial charge in [-0.2, -0.15) is 15.5 Å². The van der Waals surface area contributed by atoms with Crippen LogP contribution in [0.25, 0.3) is 17.0 Å². The van der Waals surface area contributed by atoms with Crippen LogP contribution in [0.1, 0.15) is 12.1 Å². The SMILES string of the molecule is N#Cc1cnc(Nc2cc(-c3c(OCCCN)cnc4ccnn34)[nH]n2)cn1. The molecule has 4 rings (SSSR count). The molecule has 28 heavy (non-hydrogen) atoms. The molecule has 0 saturated carbocycles. The van der Waals surface area contributed by atoms with Crippen molar-refractivity contribution in [2.75, 3.05) is 18.5 Å². The van der Waals surface area contributed by atoms with Crippen LogP contribution in [0.4, 0.5) is 11.6 Å². The van der Waals surface area contributed by atoms with Crippen molar-refractivity contribution < 1.29 is 4.74 Å². The van der Waals surface area contributed by atoms with E-state index in [4.69, 9.17) is 15.7 Å². The number of nitriles is 1. The predicted octanol–water partition coefficient (Wildman–Crippen LogP) is 1.25. The maximum atomic E-state index is 8.80. The Morgan fingerprint density at radius 3 is 2.93 bits per heavy atom. The van der Waals surface area contributed by atoms with E-state index >= 15 is 0 Å². The van der Waals surface area contributed by atoms with E-state index in [9.17, 15) is 0 Å². The monoisotopic (exact) mass is 376 g/mol. The summed E-state index contributed by atoms with van der Waals surface area (Å²) in [4.78, 5) is 12.4. The average molecular weight is 376 g/mol. The van der Waals surface area contributed by atoms with Crippen LogP contribution in [-0.4, -0.2) is 47.9 Å². The minimum atomic E-state index is 0.241. The largest absolute Gasteiger partial charge is 0.490 e. The lowest BCUT2D eigenvalue weighted by Gasteiger charge is -2.11. The highest BCUT2D eigenvalue weighted by Crippen LogP contribution is 2.30. The summed E-state index contributed by atoms with van der Waals surface area (Å²) in [6.45, 7) is 1.01. The summed E-state index contributed by atoms with van der Waals surface area (Å²) in [6, 6.07) is 5.52. The van der Waals surface area contributed by atoms with Crippen molar-refractivity contribution in [1.82, 2.24) is 34.8 Å². The first-order valence-electron chi connectivity index (χ1n) is 8.49. The number of anilines is 2. The summed E-state index contributed by atoms with van der Waals surface area (Å²) < 4.78 is 7.52. The Labute approximate surface area is 159 Å². The van der Waals surface area contributed by atoms with Crippen molar-refractivity contribution in [2.24, 2.45) is 5.73 Å². The van der Waals surface area contributed by atoms with Gasteiger partial charge in [-0.15, -0.1) is 0 Å². The smallest absolute Gasteiger partial charge is 0.165 e. The zero-order valence-electron chi connectivity index (χ0n) is 14.7. The summed E-state index contributed by atoms with van der Waals surface area (Å²) in [6.07, 6.45) is 6.89. The first-order valence-corrected chi connectivity index (χ1v) is 8.49.